The highest BCUT2D eigenvalue weighted by Crippen LogP contribution is 2.46. The third-order valence-corrected chi connectivity index (χ3v) is 3.60. The molecule has 0 unspecified atom stereocenters. The molecule has 2 heterocycles. The van der Waals surface area contributed by atoms with Gasteiger partial charge in [0.1, 0.15) is 0 Å². The van der Waals surface area contributed by atoms with Gasteiger partial charge in [-0.05, 0) is 30.5 Å². The van der Waals surface area contributed by atoms with Crippen molar-refractivity contribution in [3.05, 3.63) is 23.2 Å². The zero-order chi connectivity index (χ0) is 11.1. The fraction of sp³-hybridized carbons (Fsp3) is 0.300. The molecule has 4 nitrogen and oxygen atoms in total. The van der Waals surface area contributed by atoms with Gasteiger partial charge in [-0.15, -0.1) is 0 Å². The molecule has 2 aromatic rings. The topological polar surface area (TPSA) is 64.7 Å². The molecule has 3 rings (SSSR count). The Morgan fingerprint density at radius 1 is 1.38 bits per heavy atom. The van der Waals surface area contributed by atoms with Gasteiger partial charge in [0.2, 0.25) is 5.28 Å². The molecule has 1 aliphatic rings. The summed E-state index contributed by atoms with van der Waals surface area (Å²) in [6, 6.07) is 1.84. The molecule has 82 valence electrons. The molecule has 1 aliphatic carbocycles. The molecular formula is C10H9ClN4S. The van der Waals surface area contributed by atoms with Crippen molar-refractivity contribution in [2.75, 3.05) is 5.73 Å². The number of anilines is 1. The van der Waals surface area contributed by atoms with E-state index in [0.29, 0.717) is 11.0 Å². The number of nitrogens with two attached hydrogens (primary N) is 1. The van der Waals surface area contributed by atoms with Crippen molar-refractivity contribution in [2.24, 2.45) is 0 Å². The quantitative estimate of drug-likeness (QED) is 0.835. The van der Waals surface area contributed by atoms with Crippen molar-refractivity contribution in [2.45, 2.75) is 18.8 Å². The molecule has 1 fully saturated rings. The zero-order valence-electron chi connectivity index (χ0n) is 8.35. The zero-order valence-corrected chi connectivity index (χ0v) is 9.92. The molecule has 0 atom stereocenters. The molecule has 2 aromatic heterocycles. The van der Waals surface area contributed by atoms with Crippen LogP contribution in [0.5, 0.6) is 0 Å². The van der Waals surface area contributed by atoms with Crippen LogP contribution in [0.2, 0.25) is 5.28 Å². The monoisotopic (exact) mass is 252 g/mol. The van der Waals surface area contributed by atoms with Crippen LogP contribution in [0.25, 0.3) is 10.6 Å². The Labute approximate surface area is 102 Å². The lowest BCUT2D eigenvalue weighted by atomic mass is 10.2. The van der Waals surface area contributed by atoms with Gasteiger partial charge in [-0.25, -0.2) is 15.0 Å². The van der Waals surface area contributed by atoms with Gasteiger partial charge >= 0.3 is 0 Å². The van der Waals surface area contributed by atoms with E-state index in [2.05, 4.69) is 15.0 Å². The predicted molar refractivity (Wildman–Crippen MR) is 64.5 cm³/mol. The van der Waals surface area contributed by atoms with E-state index < -0.39 is 0 Å². The number of rotatable bonds is 2. The molecule has 1 saturated carbocycles. The maximum atomic E-state index is 5.78. The van der Waals surface area contributed by atoms with E-state index in [-0.39, 0.29) is 5.28 Å². The van der Waals surface area contributed by atoms with Gasteiger partial charge in [-0.1, -0.05) is 11.3 Å². The maximum Gasteiger partial charge on any atom is 0.222 e. The molecular weight excluding hydrogens is 244 g/mol. The van der Waals surface area contributed by atoms with Gasteiger partial charge in [0, 0.05) is 12.1 Å². The van der Waals surface area contributed by atoms with Crippen LogP contribution >= 0.6 is 22.9 Å². The summed E-state index contributed by atoms with van der Waals surface area (Å²) in [7, 11) is 0. The molecule has 16 heavy (non-hydrogen) atoms. The minimum Gasteiger partial charge on any atom is -0.375 e. The number of hydrogen-bond donors (Lipinski definition) is 1. The summed E-state index contributed by atoms with van der Waals surface area (Å²) in [6.45, 7) is 0. The van der Waals surface area contributed by atoms with E-state index in [1.807, 2.05) is 6.07 Å². The van der Waals surface area contributed by atoms with E-state index in [0.717, 1.165) is 16.3 Å². The highest BCUT2D eigenvalue weighted by molar-refractivity contribution is 7.18. The predicted octanol–water partition coefficient (Wildman–Crippen LogP) is 2.71. The van der Waals surface area contributed by atoms with Crippen LogP contribution in [0.4, 0.5) is 5.13 Å². The van der Waals surface area contributed by atoms with Gasteiger partial charge in [0.05, 0.1) is 16.3 Å². The summed E-state index contributed by atoms with van der Waals surface area (Å²) < 4.78 is 0. The first kappa shape index (κ1) is 9.99. The van der Waals surface area contributed by atoms with E-state index in [1.54, 1.807) is 6.20 Å². The van der Waals surface area contributed by atoms with Gasteiger partial charge in [-0.3, -0.25) is 0 Å². The largest absolute Gasteiger partial charge is 0.375 e. The Morgan fingerprint density at radius 2 is 2.19 bits per heavy atom. The lowest BCUT2D eigenvalue weighted by Gasteiger charge is -1.99. The molecule has 0 amide bonds. The van der Waals surface area contributed by atoms with Crippen LogP contribution in [0.1, 0.15) is 24.5 Å². The molecule has 0 aliphatic heterocycles. The van der Waals surface area contributed by atoms with E-state index in [9.17, 15) is 0 Å². The smallest absolute Gasteiger partial charge is 0.222 e. The van der Waals surface area contributed by atoms with Crippen LogP contribution in [0, 0.1) is 0 Å². The number of aromatic nitrogens is 3. The number of halogens is 1. The Kier molecular flexibility index (Phi) is 2.29. The number of hydrogen-bond acceptors (Lipinski definition) is 5. The minimum atomic E-state index is 0.256. The van der Waals surface area contributed by atoms with Crippen molar-refractivity contribution in [1.29, 1.82) is 0 Å². The second-order valence-electron chi connectivity index (χ2n) is 3.75. The Hall–Kier alpha value is -1.20. The van der Waals surface area contributed by atoms with Crippen molar-refractivity contribution >= 4 is 28.1 Å². The van der Waals surface area contributed by atoms with Crippen LogP contribution in [-0.2, 0) is 0 Å². The number of nitrogens with zero attached hydrogens (tertiary/aromatic N) is 3. The standard InChI is InChI=1S/C10H9ClN4S/c11-9-13-4-3-6(14-9)8-7(5-1-2-5)15-10(12)16-8/h3-5H,1-2H2,(H2,12,15). The maximum absolute atomic E-state index is 5.78. The molecule has 0 radical (unpaired) electrons. The summed E-state index contributed by atoms with van der Waals surface area (Å²) in [5.41, 5.74) is 7.63. The summed E-state index contributed by atoms with van der Waals surface area (Å²) in [4.78, 5) is 13.5. The number of nitrogen functional groups attached to an aromatic ring is 1. The van der Waals surface area contributed by atoms with E-state index in [1.165, 1.54) is 24.2 Å². The van der Waals surface area contributed by atoms with Gasteiger partial charge in [0.25, 0.3) is 0 Å². The van der Waals surface area contributed by atoms with Gasteiger partial charge < -0.3 is 5.73 Å². The number of thiazole rings is 1. The molecule has 0 spiro atoms. The third kappa shape index (κ3) is 1.76. The summed E-state index contributed by atoms with van der Waals surface area (Å²) in [5, 5.41) is 0.845. The van der Waals surface area contributed by atoms with Crippen molar-refractivity contribution in [1.82, 2.24) is 15.0 Å². The van der Waals surface area contributed by atoms with Crippen LogP contribution in [0.15, 0.2) is 12.3 Å². The second-order valence-corrected chi connectivity index (χ2v) is 5.12. The third-order valence-electron chi connectivity index (χ3n) is 2.49. The van der Waals surface area contributed by atoms with Crippen LogP contribution in [-0.4, -0.2) is 15.0 Å². The van der Waals surface area contributed by atoms with Gasteiger partial charge in [-0.2, -0.15) is 0 Å². The Morgan fingerprint density at radius 3 is 2.88 bits per heavy atom. The highest BCUT2D eigenvalue weighted by atomic mass is 35.5. The van der Waals surface area contributed by atoms with Crippen molar-refractivity contribution in [3.8, 4) is 10.6 Å². The van der Waals surface area contributed by atoms with Crippen molar-refractivity contribution in [3.63, 3.8) is 0 Å². The molecule has 2 N–H and O–H groups in total. The highest BCUT2D eigenvalue weighted by Gasteiger charge is 2.30. The fourth-order valence-corrected chi connectivity index (χ4v) is 2.66. The minimum absolute atomic E-state index is 0.256. The average molecular weight is 253 g/mol. The Bertz CT molecular complexity index is 535. The first-order valence-electron chi connectivity index (χ1n) is 4.99. The van der Waals surface area contributed by atoms with E-state index >= 15 is 0 Å². The normalized spacial score (nSPS) is 15.3. The van der Waals surface area contributed by atoms with Crippen LogP contribution < -0.4 is 5.73 Å². The summed E-state index contributed by atoms with van der Waals surface area (Å²) >= 11 is 7.24. The van der Waals surface area contributed by atoms with Crippen molar-refractivity contribution < 1.29 is 0 Å². The lowest BCUT2D eigenvalue weighted by Crippen LogP contribution is -1.89. The first-order valence-corrected chi connectivity index (χ1v) is 6.18. The Balaban J connectivity index is 2.11. The summed E-state index contributed by atoms with van der Waals surface area (Å²) in [6.07, 6.45) is 4.03. The lowest BCUT2D eigenvalue weighted by molar-refractivity contribution is 1.05. The molecule has 0 bridgehead atoms. The SMILES string of the molecule is Nc1nc(C2CC2)c(-c2ccnc(Cl)n2)s1. The van der Waals surface area contributed by atoms with Gasteiger partial charge in [0.15, 0.2) is 5.13 Å². The summed E-state index contributed by atoms with van der Waals surface area (Å²) in [5.74, 6) is 0.553. The molecule has 6 heteroatoms. The fourth-order valence-electron chi connectivity index (χ4n) is 1.63. The molecule has 0 saturated heterocycles. The second kappa shape index (κ2) is 3.68. The average Bonchev–Trinajstić information content (AvgIpc) is 3.02. The van der Waals surface area contributed by atoms with E-state index in [4.69, 9.17) is 17.3 Å². The first-order chi connectivity index (χ1) is 7.74. The van der Waals surface area contributed by atoms with Crippen LogP contribution in [0.3, 0.4) is 0 Å². The molecule has 0 aromatic carbocycles.